The van der Waals surface area contributed by atoms with Crippen LogP contribution < -0.4 is 10.5 Å². The summed E-state index contributed by atoms with van der Waals surface area (Å²) in [6.07, 6.45) is 3.63. The Morgan fingerprint density at radius 3 is 2.62 bits per heavy atom. The maximum atomic E-state index is 6.28. The fraction of sp³-hybridized carbons (Fsp3) is 0.667. The van der Waals surface area contributed by atoms with E-state index in [-0.39, 0.29) is 6.10 Å². The number of halogens is 1. The minimum absolute atomic E-state index is 0.173. The standard InChI is InChI=1S/C18H28ClNO/c1-12-5-8-15(19)17(9-12)21-16-10-14(18(2,3)4)7-6-13(16)11-20/h5,8-9,13-14,16H,6-7,10-11,20H2,1-4H3. The first-order valence-corrected chi connectivity index (χ1v) is 8.32. The molecule has 1 aromatic carbocycles. The van der Waals surface area contributed by atoms with Crippen LogP contribution in [0.25, 0.3) is 0 Å². The van der Waals surface area contributed by atoms with Crippen LogP contribution in [0.1, 0.15) is 45.6 Å². The highest BCUT2D eigenvalue weighted by atomic mass is 35.5. The van der Waals surface area contributed by atoms with Crippen molar-refractivity contribution in [2.75, 3.05) is 6.54 Å². The van der Waals surface area contributed by atoms with Crippen LogP contribution in [0.15, 0.2) is 18.2 Å². The number of ether oxygens (including phenoxy) is 1. The summed E-state index contributed by atoms with van der Waals surface area (Å²) in [5.74, 6) is 1.91. The van der Waals surface area contributed by atoms with Gasteiger partial charge in [0.25, 0.3) is 0 Å². The van der Waals surface area contributed by atoms with Crippen LogP contribution in [0.4, 0.5) is 0 Å². The molecule has 1 aliphatic carbocycles. The second kappa shape index (κ2) is 6.58. The van der Waals surface area contributed by atoms with Gasteiger partial charge in [0.2, 0.25) is 0 Å². The van der Waals surface area contributed by atoms with Gasteiger partial charge in [0.15, 0.2) is 0 Å². The Labute approximate surface area is 134 Å². The molecule has 0 spiro atoms. The van der Waals surface area contributed by atoms with E-state index in [2.05, 4.69) is 27.7 Å². The lowest BCUT2D eigenvalue weighted by Crippen LogP contribution is -2.41. The Hall–Kier alpha value is -0.730. The third-order valence-electron chi connectivity index (χ3n) is 4.82. The van der Waals surface area contributed by atoms with Crippen molar-refractivity contribution in [3.8, 4) is 5.75 Å². The Balaban J connectivity index is 2.16. The number of rotatable bonds is 3. The van der Waals surface area contributed by atoms with Crippen molar-refractivity contribution in [1.82, 2.24) is 0 Å². The van der Waals surface area contributed by atoms with Gasteiger partial charge in [0.1, 0.15) is 11.9 Å². The van der Waals surface area contributed by atoms with Crippen LogP contribution in [0.5, 0.6) is 5.75 Å². The second-order valence-electron chi connectivity index (χ2n) is 7.46. The van der Waals surface area contributed by atoms with Crippen molar-refractivity contribution in [2.24, 2.45) is 23.0 Å². The van der Waals surface area contributed by atoms with Gasteiger partial charge in [0, 0.05) is 5.92 Å². The van der Waals surface area contributed by atoms with Gasteiger partial charge in [-0.25, -0.2) is 0 Å². The van der Waals surface area contributed by atoms with Crippen molar-refractivity contribution in [3.63, 3.8) is 0 Å². The lowest BCUT2D eigenvalue weighted by atomic mass is 9.68. The van der Waals surface area contributed by atoms with Crippen molar-refractivity contribution >= 4 is 11.6 Å². The molecule has 118 valence electrons. The lowest BCUT2D eigenvalue weighted by molar-refractivity contribution is 0.0331. The minimum atomic E-state index is 0.173. The predicted molar refractivity (Wildman–Crippen MR) is 89.9 cm³/mol. The van der Waals surface area contributed by atoms with Gasteiger partial charge >= 0.3 is 0 Å². The first kappa shape index (κ1) is 16.6. The SMILES string of the molecule is Cc1ccc(Cl)c(OC2CC(C(C)(C)C)CCC2CN)c1. The molecule has 2 rings (SSSR count). The molecule has 1 fully saturated rings. The molecule has 1 saturated carbocycles. The van der Waals surface area contributed by atoms with Crippen LogP contribution in [0, 0.1) is 24.2 Å². The molecule has 0 aromatic heterocycles. The summed E-state index contributed by atoms with van der Waals surface area (Å²) in [7, 11) is 0. The highest BCUT2D eigenvalue weighted by molar-refractivity contribution is 6.32. The largest absolute Gasteiger partial charge is 0.489 e. The summed E-state index contributed by atoms with van der Waals surface area (Å²) in [5, 5.41) is 0.689. The first-order chi connectivity index (χ1) is 9.81. The van der Waals surface area contributed by atoms with E-state index in [1.165, 1.54) is 12.0 Å². The van der Waals surface area contributed by atoms with E-state index < -0.39 is 0 Å². The summed E-state index contributed by atoms with van der Waals surface area (Å²) in [6, 6.07) is 5.94. The van der Waals surface area contributed by atoms with Crippen LogP contribution in [0.2, 0.25) is 5.02 Å². The van der Waals surface area contributed by atoms with Crippen molar-refractivity contribution < 1.29 is 4.74 Å². The zero-order valence-corrected chi connectivity index (χ0v) is 14.4. The molecule has 3 heteroatoms. The molecule has 1 aliphatic rings. The smallest absolute Gasteiger partial charge is 0.138 e. The van der Waals surface area contributed by atoms with E-state index in [4.69, 9.17) is 22.1 Å². The van der Waals surface area contributed by atoms with Crippen LogP contribution in [-0.4, -0.2) is 12.6 Å². The number of hydrogen-bond donors (Lipinski definition) is 1. The molecule has 3 atom stereocenters. The molecule has 2 nitrogen and oxygen atoms in total. The minimum Gasteiger partial charge on any atom is -0.489 e. The summed E-state index contributed by atoms with van der Waals surface area (Å²) < 4.78 is 6.28. The monoisotopic (exact) mass is 309 g/mol. The van der Waals surface area contributed by atoms with E-state index in [0.29, 0.717) is 28.8 Å². The molecular weight excluding hydrogens is 282 g/mol. The molecule has 3 unspecified atom stereocenters. The zero-order chi connectivity index (χ0) is 15.6. The first-order valence-electron chi connectivity index (χ1n) is 7.94. The van der Waals surface area contributed by atoms with Crippen molar-refractivity contribution in [2.45, 2.75) is 53.1 Å². The van der Waals surface area contributed by atoms with Crippen LogP contribution in [-0.2, 0) is 0 Å². The van der Waals surface area contributed by atoms with E-state index in [0.717, 1.165) is 18.6 Å². The zero-order valence-electron chi connectivity index (χ0n) is 13.7. The highest BCUT2D eigenvalue weighted by Gasteiger charge is 2.36. The number of benzene rings is 1. The third kappa shape index (κ3) is 4.14. The molecule has 0 radical (unpaired) electrons. The van der Waals surface area contributed by atoms with E-state index in [9.17, 15) is 0 Å². The summed E-state index contributed by atoms with van der Waals surface area (Å²) in [6.45, 7) is 9.69. The molecule has 21 heavy (non-hydrogen) atoms. The second-order valence-corrected chi connectivity index (χ2v) is 7.87. The summed E-state index contributed by atoms with van der Waals surface area (Å²) in [5.41, 5.74) is 7.44. The average Bonchev–Trinajstić information content (AvgIpc) is 2.42. The molecule has 2 N–H and O–H groups in total. The fourth-order valence-electron chi connectivity index (χ4n) is 3.26. The average molecular weight is 310 g/mol. The number of nitrogens with two attached hydrogens (primary N) is 1. The molecule has 0 heterocycles. The van der Waals surface area contributed by atoms with Gasteiger partial charge in [-0.1, -0.05) is 38.4 Å². The van der Waals surface area contributed by atoms with E-state index in [1.54, 1.807) is 0 Å². The molecule has 0 saturated heterocycles. The maximum Gasteiger partial charge on any atom is 0.138 e. The third-order valence-corrected chi connectivity index (χ3v) is 5.13. The fourth-order valence-corrected chi connectivity index (χ4v) is 3.42. The number of hydrogen-bond acceptors (Lipinski definition) is 2. The number of aryl methyl sites for hydroxylation is 1. The molecule has 1 aromatic rings. The van der Waals surface area contributed by atoms with Gasteiger partial charge < -0.3 is 10.5 Å². The Morgan fingerprint density at radius 2 is 2.00 bits per heavy atom. The maximum absolute atomic E-state index is 6.28. The van der Waals surface area contributed by atoms with Crippen molar-refractivity contribution in [3.05, 3.63) is 28.8 Å². The van der Waals surface area contributed by atoms with Gasteiger partial charge in [-0.2, -0.15) is 0 Å². The Bertz CT molecular complexity index is 481. The van der Waals surface area contributed by atoms with Gasteiger partial charge in [-0.3, -0.25) is 0 Å². The summed E-state index contributed by atoms with van der Waals surface area (Å²) >= 11 is 6.28. The normalized spacial score (nSPS) is 26.7. The topological polar surface area (TPSA) is 35.2 Å². The highest BCUT2D eigenvalue weighted by Crippen LogP contribution is 2.41. The van der Waals surface area contributed by atoms with Gasteiger partial charge in [-0.15, -0.1) is 0 Å². The van der Waals surface area contributed by atoms with Gasteiger partial charge in [-0.05, 0) is 61.8 Å². The summed E-state index contributed by atoms with van der Waals surface area (Å²) in [4.78, 5) is 0. The van der Waals surface area contributed by atoms with E-state index >= 15 is 0 Å². The van der Waals surface area contributed by atoms with Crippen LogP contribution in [0.3, 0.4) is 0 Å². The molecular formula is C18H28ClNO. The van der Waals surface area contributed by atoms with Crippen LogP contribution >= 0.6 is 11.6 Å². The predicted octanol–water partition coefficient (Wildman–Crippen LogP) is 4.82. The Kier molecular flexibility index (Phi) is 5.21. The lowest BCUT2D eigenvalue weighted by Gasteiger charge is -2.41. The van der Waals surface area contributed by atoms with E-state index in [1.807, 2.05) is 18.2 Å². The molecule has 0 amide bonds. The molecule has 0 aliphatic heterocycles. The van der Waals surface area contributed by atoms with Crippen molar-refractivity contribution in [1.29, 1.82) is 0 Å². The Morgan fingerprint density at radius 1 is 1.29 bits per heavy atom. The molecule has 0 bridgehead atoms. The van der Waals surface area contributed by atoms with Gasteiger partial charge in [0.05, 0.1) is 5.02 Å². The quantitative estimate of drug-likeness (QED) is 0.869.